The van der Waals surface area contributed by atoms with E-state index >= 15 is 4.39 Å². The average molecular weight is 527 g/mol. The Morgan fingerprint density at radius 2 is 1.81 bits per heavy atom. The van der Waals surface area contributed by atoms with Crippen LogP contribution < -0.4 is 4.72 Å². The summed E-state index contributed by atoms with van der Waals surface area (Å²) in [4.78, 5) is 14.6. The number of aliphatic hydroxyl groups is 1. The fraction of sp³-hybridized carbons (Fsp3) is 0.480. The first-order chi connectivity index (χ1) is 17.0. The van der Waals surface area contributed by atoms with Crippen LogP contribution in [0.25, 0.3) is 11.1 Å². The summed E-state index contributed by atoms with van der Waals surface area (Å²) in [6, 6.07) is 3.60. The minimum atomic E-state index is -4.30. The van der Waals surface area contributed by atoms with Gasteiger partial charge in [0.15, 0.2) is 0 Å². The Bertz CT molecular complexity index is 1280. The third-order valence-electron chi connectivity index (χ3n) is 7.56. The molecule has 0 bridgehead atoms. The zero-order valence-corrected chi connectivity index (χ0v) is 20.1. The average Bonchev–Trinajstić information content (AvgIpc) is 3.74. The molecule has 36 heavy (non-hydrogen) atoms. The molecule has 1 aliphatic heterocycles. The molecule has 2 N–H and O–H groups in total. The van der Waals surface area contributed by atoms with Gasteiger partial charge in [-0.3, -0.25) is 4.79 Å². The Balaban J connectivity index is 1.52. The first-order valence-electron chi connectivity index (χ1n) is 11.8. The summed E-state index contributed by atoms with van der Waals surface area (Å²) in [6.07, 6.45) is 1.22. The molecule has 3 atom stereocenters. The highest BCUT2D eigenvalue weighted by Gasteiger charge is 2.62. The molecule has 2 aromatic rings. The molecule has 1 saturated heterocycles. The van der Waals surface area contributed by atoms with Crippen LogP contribution in [0.1, 0.15) is 31.2 Å². The molecule has 1 amide bonds. The normalized spacial score (nSPS) is 23.8. The van der Waals surface area contributed by atoms with E-state index in [1.54, 1.807) is 0 Å². The van der Waals surface area contributed by atoms with E-state index in [9.17, 15) is 31.5 Å². The standard InChI is InChI=1S/C25H26F4N2O4S/c26-13-36(34,35)30-23-20(31(12-25(23)6-7-25)24(33)22(32)14-4-5-14)10-15-2-1-3-19(21(15)29)16-8-17(27)11-18(28)9-16/h1-3,8-9,11,14,20,22-23,30,32H,4-7,10,12-13H2/t20-,22-,23+/m0/s1. The van der Waals surface area contributed by atoms with Crippen molar-refractivity contribution in [2.75, 3.05) is 12.6 Å². The number of hydrogen-bond donors (Lipinski definition) is 2. The fourth-order valence-corrected chi connectivity index (χ4v) is 6.21. The summed E-state index contributed by atoms with van der Waals surface area (Å²) in [5.74, 6) is -3.22. The van der Waals surface area contributed by atoms with E-state index in [2.05, 4.69) is 4.72 Å². The number of nitrogens with zero attached hydrogens (tertiary/aromatic N) is 1. The molecule has 2 saturated carbocycles. The maximum atomic E-state index is 15.6. The molecule has 0 aromatic heterocycles. The van der Waals surface area contributed by atoms with Crippen molar-refractivity contribution >= 4 is 15.9 Å². The van der Waals surface area contributed by atoms with E-state index < -0.39 is 63.0 Å². The van der Waals surface area contributed by atoms with Crippen molar-refractivity contribution in [2.24, 2.45) is 11.3 Å². The van der Waals surface area contributed by atoms with Crippen LogP contribution in [0.15, 0.2) is 36.4 Å². The number of aliphatic hydroxyl groups excluding tert-OH is 1. The van der Waals surface area contributed by atoms with Crippen LogP contribution in [0.3, 0.4) is 0 Å². The minimum Gasteiger partial charge on any atom is -0.383 e. The van der Waals surface area contributed by atoms with Gasteiger partial charge in [0.1, 0.15) is 23.6 Å². The summed E-state index contributed by atoms with van der Waals surface area (Å²) < 4.78 is 83.1. The first kappa shape index (κ1) is 25.2. The second-order valence-corrected chi connectivity index (χ2v) is 11.8. The van der Waals surface area contributed by atoms with Gasteiger partial charge in [-0.15, -0.1) is 0 Å². The molecule has 3 fully saturated rings. The van der Waals surface area contributed by atoms with Gasteiger partial charge in [0, 0.05) is 29.6 Å². The monoisotopic (exact) mass is 526 g/mol. The van der Waals surface area contributed by atoms with E-state index in [-0.39, 0.29) is 35.6 Å². The largest absolute Gasteiger partial charge is 0.383 e. The predicted molar refractivity (Wildman–Crippen MR) is 123 cm³/mol. The Morgan fingerprint density at radius 3 is 2.39 bits per heavy atom. The Labute approximate surface area is 206 Å². The highest BCUT2D eigenvalue weighted by molar-refractivity contribution is 7.89. The van der Waals surface area contributed by atoms with Crippen molar-refractivity contribution in [3.05, 3.63) is 59.4 Å². The highest BCUT2D eigenvalue weighted by Crippen LogP contribution is 2.56. The van der Waals surface area contributed by atoms with Crippen molar-refractivity contribution in [2.45, 2.75) is 50.3 Å². The summed E-state index contributed by atoms with van der Waals surface area (Å²) in [6.45, 7) is 0.163. The molecular formula is C25H26F4N2O4S. The molecule has 2 aromatic carbocycles. The van der Waals surface area contributed by atoms with Gasteiger partial charge in [0.2, 0.25) is 16.0 Å². The third-order valence-corrected chi connectivity index (χ3v) is 8.46. The number of sulfonamides is 1. The Hall–Kier alpha value is -2.50. The van der Waals surface area contributed by atoms with Gasteiger partial charge in [-0.05, 0) is 61.3 Å². The molecule has 6 nitrogen and oxygen atoms in total. The van der Waals surface area contributed by atoms with Crippen molar-refractivity contribution in [1.29, 1.82) is 0 Å². The number of carbonyl (C=O) groups excluding carboxylic acids is 1. The van der Waals surface area contributed by atoms with Gasteiger partial charge in [-0.1, -0.05) is 18.2 Å². The van der Waals surface area contributed by atoms with Crippen molar-refractivity contribution in [3.63, 3.8) is 0 Å². The van der Waals surface area contributed by atoms with Gasteiger partial charge in [-0.2, -0.15) is 0 Å². The molecule has 194 valence electrons. The van der Waals surface area contributed by atoms with Crippen LogP contribution in [-0.2, 0) is 21.2 Å². The number of nitrogens with one attached hydrogen (secondary N) is 1. The van der Waals surface area contributed by atoms with Crippen molar-refractivity contribution in [3.8, 4) is 11.1 Å². The zero-order chi connectivity index (χ0) is 25.8. The first-order valence-corrected chi connectivity index (χ1v) is 13.5. The molecule has 1 heterocycles. The lowest BCUT2D eigenvalue weighted by atomic mass is 9.91. The van der Waals surface area contributed by atoms with Gasteiger partial charge >= 0.3 is 0 Å². The molecule has 0 unspecified atom stereocenters. The summed E-state index contributed by atoms with van der Waals surface area (Å²) in [7, 11) is -4.30. The SMILES string of the molecule is O=C([C@@H](O)C1CC1)N1CC2(CC2)[C@H](NS(=O)(=O)CF)[C@@H]1Cc1cccc(-c2cc(F)cc(F)c2)c1F. The van der Waals surface area contributed by atoms with E-state index in [0.717, 1.165) is 12.1 Å². The fourth-order valence-electron chi connectivity index (χ4n) is 5.35. The molecule has 2 aliphatic carbocycles. The third kappa shape index (κ3) is 4.76. The van der Waals surface area contributed by atoms with Gasteiger partial charge in [0.25, 0.3) is 5.91 Å². The van der Waals surface area contributed by atoms with E-state index in [4.69, 9.17) is 0 Å². The number of carbonyl (C=O) groups is 1. The molecule has 5 rings (SSSR count). The second kappa shape index (κ2) is 9.11. The molecule has 1 spiro atoms. The van der Waals surface area contributed by atoms with Gasteiger partial charge < -0.3 is 10.0 Å². The summed E-state index contributed by atoms with van der Waals surface area (Å²) in [5, 5.41) is 10.5. The summed E-state index contributed by atoms with van der Waals surface area (Å²) >= 11 is 0. The molecule has 3 aliphatic rings. The molecule has 0 radical (unpaired) electrons. The lowest BCUT2D eigenvalue weighted by Crippen LogP contribution is -2.51. The molecular weight excluding hydrogens is 500 g/mol. The van der Waals surface area contributed by atoms with Crippen LogP contribution in [0, 0.1) is 28.8 Å². The van der Waals surface area contributed by atoms with E-state index in [1.165, 1.54) is 23.1 Å². The number of benzene rings is 2. The smallest absolute Gasteiger partial charge is 0.252 e. The van der Waals surface area contributed by atoms with Crippen LogP contribution in [-0.4, -0.2) is 55.1 Å². The number of alkyl halides is 1. The maximum Gasteiger partial charge on any atom is 0.252 e. The van der Waals surface area contributed by atoms with Gasteiger partial charge in [0.05, 0.1) is 6.04 Å². The minimum absolute atomic E-state index is 0.0105. The van der Waals surface area contributed by atoms with Crippen LogP contribution in [0.4, 0.5) is 17.6 Å². The highest BCUT2D eigenvalue weighted by atomic mass is 32.2. The molecule has 11 heteroatoms. The van der Waals surface area contributed by atoms with Gasteiger partial charge in [-0.25, -0.2) is 30.7 Å². The van der Waals surface area contributed by atoms with E-state index in [0.29, 0.717) is 31.7 Å². The number of halogens is 4. The topological polar surface area (TPSA) is 86.7 Å². The predicted octanol–water partition coefficient (Wildman–Crippen LogP) is 3.29. The summed E-state index contributed by atoms with van der Waals surface area (Å²) in [5.41, 5.74) is -0.584. The second-order valence-electron chi connectivity index (χ2n) is 10.1. The Kier molecular flexibility index (Phi) is 6.37. The van der Waals surface area contributed by atoms with Crippen molar-refractivity contribution in [1.82, 2.24) is 9.62 Å². The zero-order valence-electron chi connectivity index (χ0n) is 19.3. The van der Waals surface area contributed by atoms with Crippen LogP contribution in [0.5, 0.6) is 0 Å². The quantitative estimate of drug-likeness (QED) is 0.517. The lowest BCUT2D eigenvalue weighted by Gasteiger charge is -2.30. The number of amides is 1. The Morgan fingerprint density at radius 1 is 1.14 bits per heavy atom. The number of likely N-dealkylation sites (tertiary alicyclic amines) is 1. The number of rotatable bonds is 8. The van der Waals surface area contributed by atoms with Crippen LogP contribution in [0.2, 0.25) is 0 Å². The van der Waals surface area contributed by atoms with E-state index in [1.807, 2.05) is 0 Å². The van der Waals surface area contributed by atoms with Crippen molar-refractivity contribution < 1.29 is 35.9 Å². The van der Waals surface area contributed by atoms with Crippen LogP contribution >= 0.6 is 0 Å². The number of hydrogen-bond acceptors (Lipinski definition) is 4. The maximum absolute atomic E-state index is 15.6. The lowest BCUT2D eigenvalue weighted by molar-refractivity contribution is -0.142.